The van der Waals surface area contributed by atoms with Crippen LogP contribution >= 0.6 is 31.9 Å². The van der Waals surface area contributed by atoms with Crippen LogP contribution in [-0.2, 0) is 42.9 Å². The van der Waals surface area contributed by atoms with Gasteiger partial charge in [-0.25, -0.2) is 18.4 Å². The van der Waals surface area contributed by atoms with E-state index in [-0.39, 0.29) is 42.3 Å². The second-order valence-corrected chi connectivity index (χ2v) is 9.67. The number of anilines is 1. The van der Waals surface area contributed by atoms with Crippen LogP contribution in [0.2, 0.25) is 0 Å². The van der Waals surface area contributed by atoms with Crippen molar-refractivity contribution >= 4 is 73.3 Å². The van der Waals surface area contributed by atoms with Gasteiger partial charge in [-0.3, -0.25) is 14.6 Å². The van der Waals surface area contributed by atoms with E-state index in [9.17, 15) is 28.0 Å². The summed E-state index contributed by atoms with van der Waals surface area (Å²) in [5, 5.41) is 0. The van der Waals surface area contributed by atoms with E-state index < -0.39 is 35.6 Å². The number of hydrogen-bond donors (Lipinski definition) is 1. The number of aliphatic imine (C=N–C) groups is 1. The predicted molar refractivity (Wildman–Crippen MR) is 170 cm³/mol. The smallest absolute Gasteiger partial charge is 0.348 e. The lowest BCUT2D eigenvalue weighted by atomic mass is 10.1. The third kappa shape index (κ3) is 16.7. The molecule has 0 saturated heterocycles. The number of nitrogen functional groups attached to an aromatic ring is 1. The largest absolute Gasteiger partial charge is 0.500 e. The average Bonchev–Trinajstić information content (AvgIpc) is 2.98. The van der Waals surface area contributed by atoms with Gasteiger partial charge in [0.2, 0.25) is 0 Å². The van der Waals surface area contributed by atoms with E-state index in [0.29, 0.717) is 22.5 Å². The van der Waals surface area contributed by atoms with Gasteiger partial charge < -0.3 is 29.4 Å². The summed E-state index contributed by atoms with van der Waals surface area (Å²) in [4.78, 5) is 50.0. The first kappa shape index (κ1) is 41.1. The highest BCUT2D eigenvalue weighted by molar-refractivity contribution is 9.10. The number of nitrogens with zero attached hydrogens (tertiary/aromatic N) is 1. The van der Waals surface area contributed by atoms with Crippen molar-refractivity contribution in [2.45, 2.75) is 34.6 Å². The van der Waals surface area contributed by atoms with Crippen LogP contribution in [0.25, 0.3) is 0 Å². The van der Waals surface area contributed by atoms with Crippen LogP contribution in [0.3, 0.4) is 0 Å². The number of carbonyl (C=O) groups excluding carboxylic acids is 4. The molecule has 0 unspecified atom stereocenters. The highest BCUT2D eigenvalue weighted by atomic mass is 79.9. The van der Waals surface area contributed by atoms with E-state index in [0.717, 1.165) is 12.5 Å². The van der Waals surface area contributed by atoms with Crippen molar-refractivity contribution in [1.82, 2.24) is 0 Å². The van der Waals surface area contributed by atoms with E-state index in [1.165, 1.54) is 36.4 Å². The summed E-state index contributed by atoms with van der Waals surface area (Å²) in [6.45, 7) is 9.36. The molecular formula is C30H36Br2F2N2O9. The maximum absolute atomic E-state index is 13.1. The molecule has 0 saturated carbocycles. The standard InChI is InChI=1S/C14H15BrFNO4.C10H16O5.C6H5BrFN/c1-3-20-13(18)10(14(19)21-4-2)8-17-9-5-6-12(16)11(15)7-9;1-4-13-7-8(9(11)14-5-2)10(12)15-6-3;7-5-3-4(9)1-2-6(5)8/h5-8,10H,3-4H2,1-2H3;7H,4-6H2,1-3H3;1-3H,9H2. The van der Waals surface area contributed by atoms with Gasteiger partial charge in [-0.05, 0) is 103 Å². The Morgan fingerprint density at radius 3 is 1.62 bits per heavy atom. The number of carbonyl (C=O) groups is 4. The van der Waals surface area contributed by atoms with Gasteiger partial charge in [0.05, 0.1) is 47.7 Å². The quantitative estimate of drug-likeness (QED) is 0.0384. The number of ether oxygens (including phenoxy) is 5. The molecule has 0 bridgehead atoms. The minimum absolute atomic E-state index is 0.144. The van der Waals surface area contributed by atoms with Crippen LogP contribution in [0.15, 0.2) is 62.2 Å². The van der Waals surface area contributed by atoms with E-state index in [1.807, 2.05) is 0 Å². The Kier molecular flexibility index (Phi) is 21.5. The molecule has 0 aliphatic rings. The van der Waals surface area contributed by atoms with Gasteiger partial charge in [-0.15, -0.1) is 0 Å². The molecule has 45 heavy (non-hydrogen) atoms. The van der Waals surface area contributed by atoms with Crippen LogP contribution in [0.1, 0.15) is 34.6 Å². The van der Waals surface area contributed by atoms with Crippen molar-refractivity contribution < 1.29 is 51.6 Å². The Bertz CT molecular complexity index is 1290. The summed E-state index contributed by atoms with van der Waals surface area (Å²) in [5.74, 6) is -4.89. The Labute approximate surface area is 277 Å². The predicted octanol–water partition coefficient (Wildman–Crippen LogP) is 6.24. The minimum Gasteiger partial charge on any atom is -0.500 e. The van der Waals surface area contributed by atoms with E-state index in [2.05, 4.69) is 46.3 Å². The molecule has 2 N–H and O–H groups in total. The van der Waals surface area contributed by atoms with Crippen molar-refractivity contribution in [2.24, 2.45) is 10.9 Å². The van der Waals surface area contributed by atoms with Crippen LogP contribution in [0, 0.1) is 17.6 Å². The number of esters is 4. The summed E-state index contributed by atoms with van der Waals surface area (Å²) < 4.78 is 50.0. The molecule has 2 aromatic rings. The molecule has 0 heterocycles. The molecule has 0 aliphatic heterocycles. The van der Waals surface area contributed by atoms with Crippen LogP contribution in [-0.4, -0.2) is 63.1 Å². The fraction of sp³-hybridized carbons (Fsp3) is 0.367. The molecule has 2 aromatic carbocycles. The van der Waals surface area contributed by atoms with Crippen LogP contribution in [0.5, 0.6) is 0 Å². The van der Waals surface area contributed by atoms with Gasteiger partial charge in [-0.1, -0.05) is 0 Å². The second kappa shape index (κ2) is 23.5. The second-order valence-electron chi connectivity index (χ2n) is 7.96. The summed E-state index contributed by atoms with van der Waals surface area (Å²) in [6.07, 6.45) is 2.20. The maximum Gasteiger partial charge on any atom is 0.348 e. The zero-order chi connectivity index (χ0) is 34.4. The molecule has 0 amide bonds. The topological polar surface area (TPSA) is 153 Å². The molecule has 0 fully saturated rings. The number of nitrogens with two attached hydrogens (primary N) is 1. The normalized spacial score (nSPS) is 10.0. The Balaban J connectivity index is 0.000000700. The van der Waals surface area contributed by atoms with Crippen molar-refractivity contribution in [2.75, 3.05) is 38.8 Å². The monoisotopic (exact) mass is 764 g/mol. The first-order valence-corrected chi connectivity index (χ1v) is 15.1. The van der Waals surface area contributed by atoms with Gasteiger partial charge in [-0.2, -0.15) is 0 Å². The summed E-state index contributed by atoms with van der Waals surface area (Å²) in [5.41, 5.74) is 6.06. The molecule has 11 nitrogen and oxygen atoms in total. The van der Waals surface area contributed by atoms with Crippen molar-refractivity contribution in [3.05, 3.63) is 68.8 Å². The lowest BCUT2D eigenvalue weighted by Crippen LogP contribution is -2.29. The molecule has 0 atom stereocenters. The molecule has 15 heteroatoms. The van der Waals surface area contributed by atoms with Gasteiger partial charge in [0.1, 0.15) is 17.9 Å². The summed E-state index contributed by atoms with van der Waals surface area (Å²) in [6, 6.07) is 8.43. The molecule has 0 radical (unpaired) electrons. The van der Waals surface area contributed by atoms with Gasteiger partial charge >= 0.3 is 23.9 Å². The third-order valence-electron chi connectivity index (χ3n) is 4.66. The zero-order valence-corrected chi connectivity index (χ0v) is 28.6. The average molecular weight is 766 g/mol. The minimum atomic E-state index is -1.24. The Morgan fingerprint density at radius 2 is 1.22 bits per heavy atom. The number of rotatable bonds is 12. The molecule has 0 aliphatic carbocycles. The fourth-order valence-electron chi connectivity index (χ4n) is 2.68. The van der Waals surface area contributed by atoms with Gasteiger partial charge in [0, 0.05) is 11.9 Å². The lowest BCUT2D eigenvalue weighted by Gasteiger charge is -2.10. The van der Waals surface area contributed by atoms with Gasteiger partial charge in [0.15, 0.2) is 11.5 Å². The van der Waals surface area contributed by atoms with Crippen molar-refractivity contribution in [3.8, 4) is 0 Å². The number of halogens is 4. The van der Waals surface area contributed by atoms with E-state index >= 15 is 0 Å². The summed E-state index contributed by atoms with van der Waals surface area (Å²) >= 11 is 6.02. The zero-order valence-electron chi connectivity index (χ0n) is 25.4. The van der Waals surface area contributed by atoms with Crippen LogP contribution in [0.4, 0.5) is 20.2 Å². The SMILES string of the molecule is CCOC(=O)C(C=Nc1ccc(F)c(Br)c1)C(=O)OCC.CCOC=C(C(=O)OCC)C(=O)OCC.Nc1ccc(F)c(Br)c1. The number of hydrogen-bond acceptors (Lipinski definition) is 11. The first-order valence-electron chi connectivity index (χ1n) is 13.5. The van der Waals surface area contributed by atoms with E-state index in [1.54, 1.807) is 34.6 Å². The van der Waals surface area contributed by atoms with E-state index in [4.69, 9.17) is 19.9 Å². The summed E-state index contributed by atoms with van der Waals surface area (Å²) in [7, 11) is 0. The molecule has 0 spiro atoms. The van der Waals surface area contributed by atoms with Crippen molar-refractivity contribution in [3.63, 3.8) is 0 Å². The van der Waals surface area contributed by atoms with Gasteiger partial charge in [0.25, 0.3) is 0 Å². The first-order chi connectivity index (χ1) is 21.4. The van der Waals surface area contributed by atoms with Crippen LogP contribution < -0.4 is 5.73 Å². The Morgan fingerprint density at radius 1 is 0.756 bits per heavy atom. The molecule has 2 rings (SSSR count). The Hall–Kier alpha value is -3.85. The lowest BCUT2D eigenvalue weighted by molar-refractivity contribution is -0.157. The maximum atomic E-state index is 13.1. The third-order valence-corrected chi connectivity index (χ3v) is 5.87. The highest BCUT2D eigenvalue weighted by Crippen LogP contribution is 2.22. The molecule has 0 aromatic heterocycles. The van der Waals surface area contributed by atoms with Crippen molar-refractivity contribution in [1.29, 1.82) is 0 Å². The molecule has 248 valence electrons. The highest BCUT2D eigenvalue weighted by Gasteiger charge is 2.27. The fourth-order valence-corrected chi connectivity index (χ4v) is 3.45. The number of benzene rings is 2. The molecular weight excluding hydrogens is 730 g/mol.